The van der Waals surface area contributed by atoms with Gasteiger partial charge in [0.15, 0.2) is 0 Å². The minimum Gasteiger partial charge on any atom is -0.444 e. The number of aromatic nitrogens is 1. The minimum absolute atomic E-state index is 0.146. The summed E-state index contributed by atoms with van der Waals surface area (Å²) >= 11 is 0. The Morgan fingerprint density at radius 3 is 2.42 bits per heavy atom. The summed E-state index contributed by atoms with van der Waals surface area (Å²) in [5, 5.41) is 11.5. The summed E-state index contributed by atoms with van der Waals surface area (Å²) in [6.07, 6.45) is 1.70. The van der Waals surface area contributed by atoms with Gasteiger partial charge in [0.1, 0.15) is 22.6 Å². The van der Waals surface area contributed by atoms with Gasteiger partial charge in [-0.25, -0.2) is 9.80 Å². The van der Waals surface area contributed by atoms with Crippen LogP contribution in [-0.4, -0.2) is 81.7 Å². The molecule has 0 radical (unpaired) electrons. The molecule has 11 heteroatoms. The summed E-state index contributed by atoms with van der Waals surface area (Å²) in [5.41, 5.74) is 0.492. The lowest BCUT2D eigenvalue weighted by molar-refractivity contribution is -0.142. The Hall–Kier alpha value is -4.28. The normalized spacial score (nSPS) is 19.0. The number of carbonyl (C=O) groups excluding carboxylic acids is 4. The summed E-state index contributed by atoms with van der Waals surface area (Å²) < 4.78 is 5.35. The number of ether oxygens (including phenoxy) is 1. The van der Waals surface area contributed by atoms with Crippen LogP contribution in [0.3, 0.4) is 0 Å². The molecule has 0 bridgehead atoms. The lowest BCUT2D eigenvalue weighted by Gasteiger charge is -2.41. The molecule has 0 aliphatic carbocycles. The molecule has 2 aliphatic heterocycles. The second-order valence-electron chi connectivity index (χ2n) is 13.6. The topological polar surface area (TPSA) is 133 Å². The fraction of sp³-hybridized carbons (Fsp3) is 0.529. The molecule has 242 valence electrons. The molecular formula is C34H46N6O5. The van der Waals surface area contributed by atoms with Crippen molar-refractivity contribution in [2.75, 3.05) is 20.1 Å². The third kappa shape index (κ3) is 8.26. The number of nitrogens with zero attached hydrogens (tertiary/aromatic N) is 4. The minimum atomic E-state index is -1.36. The predicted molar refractivity (Wildman–Crippen MR) is 171 cm³/mol. The monoisotopic (exact) mass is 618 g/mol. The zero-order valence-electron chi connectivity index (χ0n) is 27.5. The lowest BCUT2D eigenvalue weighted by Crippen LogP contribution is -2.62. The first-order valence-electron chi connectivity index (χ1n) is 15.5. The van der Waals surface area contributed by atoms with E-state index >= 15 is 0 Å². The number of carbonyl (C=O) groups is 4. The molecule has 2 aromatic rings. The van der Waals surface area contributed by atoms with E-state index in [0.717, 1.165) is 22.7 Å². The Morgan fingerprint density at radius 2 is 1.76 bits per heavy atom. The van der Waals surface area contributed by atoms with Gasteiger partial charge in [-0.15, -0.1) is 0 Å². The molecule has 4 rings (SSSR count). The van der Waals surface area contributed by atoms with Crippen LogP contribution in [0.15, 0.2) is 53.6 Å². The van der Waals surface area contributed by atoms with Crippen LogP contribution in [0, 0.1) is 12.3 Å². The summed E-state index contributed by atoms with van der Waals surface area (Å²) in [6.45, 7) is 10.8. The van der Waals surface area contributed by atoms with Gasteiger partial charge in [0.2, 0.25) is 11.8 Å². The number of aryl methyl sites for hydroxylation is 2. The van der Waals surface area contributed by atoms with Gasteiger partial charge < -0.3 is 20.3 Å². The van der Waals surface area contributed by atoms with Crippen molar-refractivity contribution < 1.29 is 23.9 Å². The van der Waals surface area contributed by atoms with Crippen LogP contribution >= 0.6 is 0 Å². The van der Waals surface area contributed by atoms with Gasteiger partial charge in [0, 0.05) is 37.9 Å². The van der Waals surface area contributed by atoms with Crippen LogP contribution < -0.4 is 10.6 Å². The van der Waals surface area contributed by atoms with Crippen molar-refractivity contribution in [3.63, 3.8) is 0 Å². The van der Waals surface area contributed by atoms with Crippen molar-refractivity contribution in [2.24, 2.45) is 10.5 Å². The van der Waals surface area contributed by atoms with E-state index in [1.54, 1.807) is 46.6 Å². The number of benzene rings is 1. The first kappa shape index (κ1) is 33.6. The first-order valence-corrected chi connectivity index (χ1v) is 15.5. The average molecular weight is 619 g/mol. The highest BCUT2D eigenvalue weighted by molar-refractivity contribution is 6.13. The number of hydrazone groups is 1. The third-order valence-electron chi connectivity index (χ3n) is 8.12. The third-order valence-corrected chi connectivity index (χ3v) is 8.12. The molecule has 0 spiro atoms. The fourth-order valence-corrected chi connectivity index (χ4v) is 5.87. The summed E-state index contributed by atoms with van der Waals surface area (Å²) in [4.78, 5) is 60.2. The molecule has 2 aliphatic rings. The Kier molecular flexibility index (Phi) is 9.99. The van der Waals surface area contributed by atoms with E-state index in [1.165, 1.54) is 5.01 Å². The van der Waals surface area contributed by atoms with Crippen LogP contribution in [0.2, 0.25) is 0 Å². The van der Waals surface area contributed by atoms with Gasteiger partial charge in [-0.3, -0.25) is 19.4 Å². The van der Waals surface area contributed by atoms with Crippen molar-refractivity contribution in [2.45, 2.75) is 90.8 Å². The molecule has 4 amide bonds. The number of likely N-dealkylation sites (tertiary alicyclic amines) is 1. The molecule has 1 aromatic carbocycles. The number of piperidine rings is 1. The van der Waals surface area contributed by atoms with Crippen molar-refractivity contribution >= 4 is 29.5 Å². The lowest BCUT2D eigenvalue weighted by atomic mass is 9.73. The molecule has 0 saturated carbocycles. The predicted octanol–water partition coefficient (Wildman–Crippen LogP) is 3.79. The van der Waals surface area contributed by atoms with Crippen LogP contribution in [0.5, 0.6) is 0 Å². The number of hydrogen-bond acceptors (Lipinski definition) is 7. The first-order chi connectivity index (χ1) is 21.1. The maximum atomic E-state index is 14.3. The van der Waals surface area contributed by atoms with Crippen LogP contribution in [0.1, 0.15) is 70.8 Å². The molecule has 45 heavy (non-hydrogen) atoms. The van der Waals surface area contributed by atoms with E-state index in [2.05, 4.69) is 20.7 Å². The molecule has 1 saturated heterocycles. The van der Waals surface area contributed by atoms with Gasteiger partial charge in [-0.2, -0.15) is 5.10 Å². The Labute approximate surface area is 265 Å². The maximum Gasteiger partial charge on any atom is 0.408 e. The van der Waals surface area contributed by atoms with Crippen molar-refractivity contribution in [1.29, 1.82) is 0 Å². The largest absolute Gasteiger partial charge is 0.444 e. The van der Waals surface area contributed by atoms with E-state index in [-0.39, 0.29) is 18.4 Å². The van der Waals surface area contributed by atoms with Crippen LogP contribution in [0.25, 0.3) is 0 Å². The highest BCUT2D eigenvalue weighted by atomic mass is 16.6. The Morgan fingerprint density at radius 1 is 1.04 bits per heavy atom. The van der Waals surface area contributed by atoms with Gasteiger partial charge >= 0.3 is 6.09 Å². The van der Waals surface area contributed by atoms with Crippen molar-refractivity contribution in [3.05, 3.63) is 65.5 Å². The van der Waals surface area contributed by atoms with E-state index in [9.17, 15) is 19.2 Å². The number of alkyl carbamates (subject to hydrolysis) is 1. The van der Waals surface area contributed by atoms with E-state index in [1.807, 2.05) is 55.5 Å². The molecule has 0 unspecified atom stereocenters. The highest BCUT2D eigenvalue weighted by Crippen LogP contribution is 2.38. The Bertz CT molecular complexity index is 1450. The second-order valence-corrected chi connectivity index (χ2v) is 13.6. The maximum absolute atomic E-state index is 14.3. The zero-order valence-corrected chi connectivity index (χ0v) is 27.5. The SMILES string of the molecule is Cc1cccc(CCC[C@@H](NC(=O)C(C)(C)NC(=O)OC(C)(C)C)C(=O)N2CCC3=NN(C)C(=O)[C@]3(Cc3ccccc3)C2)n1. The average Bonchev–Trinajstić information content (AvgIpc) is 3.19. The van der Waals surface area contributed by atoms with Gasteiger partial charge in [0.05, 0.1) is 5.71 Å². The number of fused-ring (bicyclic) bond motifs is 1. The summed E-state index contributed by atoms with van der Waals surface area (Å²) in [7, 11) is 1.65. The molecule has 2 atom stereocenters. The number of pyridine rings is 1. The quantitative estimate of drug-likeness (QED) is 0.416. The summed E-state index contributed by atoms with van der Waals surface area (Å²) in [5.74, 6) is -0.939. The van der Waals surface area contributed by atoms with Crippen LogP contribution in [0.4, 0.5) is 4.79 Å². The van der Waals surface area contributed by atoms with Crippen LogP contribution in [-0.2, 0) is 32.0 Å². The molecular weight excluding hydrogens is 572 g/mol. The van der Waals surface area contributed by atoms with E-state index < -0.39 is 34.6 Å². The number of nitrogens with one attached hydrogen (secondary N) is 2. The number of hydrogen-bond donors (Lipinski definition) is 2. The molecule has 2 N–H and O–H groups in total. The standard InChI is InChI=1S/C34H46N6O5/c1-23-13-11-16-25(35-23)17-12-18-26(36-29(42)33(5,6)37-31(44)45-32(2,3)4)28(41)40-20-19-27-34(22-40,30(43)39(7)38-27)21-24-14-9-8-10-15-24/h8-11,13-16,26H,12,17-22H2,1-7H3,(H,36,42)(H,37,44)/t26-,34-/m1/s1. The smallest absolute Gasteiger partial charge is 0.408 e. The van der Waals surface area contributed by atoms with Crippen molar-refractivity contribution in [3.8, 4) is 0 Å². The van der Waals surface area contributed by atoms with E-state index in [0.29, 0.717) is 38.6 Å². The van der Waals surface area contributed by atoms with Crippen molar-refractivity contribution in [1.82, 2.24) is 25.5 Å². The second kappa shape index (κ2) is 13.4. The van der Waals surface area contributed by atoms with Gasteiger partial charge in [-0.1, -0.05) is 36.4 Å². The fourth-order valence-electron chi connectivity index (χ4n) is 5.87. The zero-order chi connectivity index (χ0) is 33.0. The van der Waals surface area contributed by atoms with Gasteiger partial charge in [0.25, 0.3) is 5.91 Å². The van der Waals surface area contributed by atoms with Gasteiger partial charge in [-0.05, 0) is 84.9 Å². The Balaban J connectivity index is 1.55. The molecule has 11 nitrogen and oxygen atoms in total. The number of rotatable bonds is 10. The summed E-state index contributed by atoms with van der Waals surface area (Å²) in [6, 6.07) is 14.7. The highest BCUT2D eigenvalue weighted by Gasteiger charge is 2.54. The molecule has 3 heterocycles. The molecule has 1 aromatic heterocycles. The van der Waals surface area contributed by atoms with E-state index in [4.69, 9.17) is 4.74 Å². The molecule has 1 fully saturated rings. The number of amides is 4.